The lowest BCUT2D eigenvalue weighted by atomic mass is 10.1. The van der Waals surface area contributed by atoms with Crippen molar-refractivity contribution in [2.24, 2.45) is 0 Å². The summed E-state index contributed by atoms with van der Waals surface area (Å²) in [5.41, 5.74) is 2.24. The minimum Gasteiger partial charge on any atom is -0.331 e. The van der Waals surface area contributed by atoms with Gasteiger partial charge in [-0.1, -0.05) is 17.7 Å². The van der Waals surface area contributed by atoms with Gasteiger partial charge in [0.1, 0.15) is 5.82 Å². The van der Waals surface area contributed by atoms with E-state index < -0.39 is 5.82 Å². The van der Waals surface area contributed by atoms with Crippen molar-refractivity contribution in [3.8, 4) is 5.69 Å². The van der Waals surface area contributed by atoms with Crippen LogP contribution in [0.25, 0.3) is 16.6 Å². The SMILES string of the molecule is Cc1ccc(-n2c(=S)[nH]c3ccc(C)cc3c2=O)c(F)c1. The van der Waals surface area contributed by atoms with Crippen molar-refractivity contribution in [2.45, 2.75) is 13.8 Å². The molecule has 0 aliphatic carbocycles. The van der Waals surface area contributed by atoms with Crippen molar-refractivity contribution in [3.63, 3.8) is 0 Å². The number of rotatable bonds is 1. The van der Waals surface area contributed by atoms with Gasteiger partial charge in [-0.3, -0.25) is 4.79 Å². The molecular formula is C16H13FN2OS. The Kier molecular flexibility index (Phi) is 3.22. The summed E-state index contributed by atoms with van der Waals surface area (Å²) in [5.74, 6) is -0.469. The summed E-state index contributed by atoms with van der Waals surface area (Å²) < 4.78 is 15.5. The first-order valence-electron chi connectivity index (χ1n) is 6.49. The highest BCUT2D eigenvalue weighted by Gasteiger charge is 2.11. The average molecular weight is 300 g/mol. The molecule has 3 aromatic rings. The van der Waals surface area contributed by atoms with Crippen LogP contribution < -0.4 is 5.56 Å². The number of H-pyrrole nitrogens is 1. The minimum atomic E-state index is -0.469. The molecule has 0 bridgehead atoms. The number of aryl methyl sites for hydroxylation is 2. The molecule has 1 aromatic heterocycles. The first kappa shape index (κ1) is 13.7. The summed E-state index contributed by atoms with van der Waals surface area (Å²) in [5, 5.41) is 0.489. The van der Waals surface area contributed by atoms with E-state index in [2.05, 4.69) is 4.98 Å². The lowest BCUT2D eigenvalue weighted by molar-refractivity contribution is 0.613. The highest BCUT2D eigenvalue weighted by Crippen LogP contribution is 2.16. The highest BCUT2D eigenvalue weighted by molar-refractivity contribution is 7.71. The van der Waals surface area contributed by atoms with Gasteiger partial charge < -0.3 is 4.98 Å². The second-order valence-electron chi connectivity index (χ2n) is 5.07. The highest BCUT2D eigenvalue weighted by atomic mass is 32.1. The van der Waals surface area contributed by atoms with Crippen molar-refractivity contribution < 1.29 is 4.39 Å². The molecule has 0 atom stereocenters. The largest absolute Gasteiger partial charge is 0.331 e. The Morgan fingerprint density at radius 1 is 1.10 bits per heavy atom. The van der Waals surface area contributed by atoms with Gasteiger partial charge >= 0.3 is 0 Å². The molecule has 3 nitrogen and oxygen atoms in total. The van der Waals surface area contributed by atoms with Gasteiger partial charge in [0.2, 0.25) is 0 Å². The summed E-state index contributed by atoms with van der Waals surface area (Å²) in [6, 6.07) is 10.2. The Hall–Kier alpha value is -2.27. The maximum atomic E-state index is 14.2. The lowest BCUT2D eigenvalue weighted by Gasteiger charge is -2.10. The number of aromatic nitrogens is 2. The zero-order valence-electron chi connectivity index (χ0n) is 11.6. The van der Waals surface area contributed by atoms with Gasteiger partial charge in [0.25, 0.3) is 5.56 Å². The van der Waals surface area contributed by atoms with Crippen molar-refractivity contribution >= 4 is 23.1 Å². The van der Waals surface area contributed by atoms with E-state index in [-0.39, 0.29) is 16.0 Å². The van der Waals surface area contributed by atoms with Crippen LogP contribution in [-0.4, -0.2) is 9.55 Å². The molecule has 0 saturated heterocycles. The Bertz CT molecular complexity index is 972. The van der Waals surface area contributed by atoms with E-state index in [1.807, 2.05) is 13.0 Å². The number of nitrogens with zero attached hydrogens (tertiary/aromatic N) is 1. The Morgan fingerprint density at radius 3 is 2.48 bits per heavy atom. The van der Waals surface area contributed by atoms with Crippen LogP contribution in [0.2, 0.25) is 0 Å². The molecule has 0 spiro atoms. The monoisotopic (exact) mass is 300 g/mol. The first-order chi connectivity index (χ1) is 9.97. The molecule has 3 rings (SSSR count). The van der Waals surface area contributed by atoms with Crippen LogP contribution in [0.1, 0.15) is 11.1 Å². The van der Waals surface area contributed by atoms with Gasteiger partial charge in [0, 0.05) is 0 Å². The van der Waals surface area contributed by atoms with Crippen molar-refractivity contribution in [1.82, 2.24) is 9.55 Å². The molecule has 21 heavy (non-hydrogen) atoms. The summed E-state index contributed by atoms with van der Waals surface area (Å²) in [4.78, 5) is 15.6. The van der Waals surface area contributed by atoms with E-state index in [9.17, 15) is 9.18 Å². The van der Waals surface area contributed by atoms with Crippen LogP contribution in [0.3, 0.4) is 0 Å². The third-order valence-electron chi connectivity index (χ3n) is 3.40. The van der Waals surface area contributed by atoms with E-state index in [0.29, 0.717) is 10.9 Å². The lowest BCUT2D eigenvalue weighted by Crippen LogP contribution is -2.21. The van der Waals surface area contributed by atoms with E-state index in [1.54, 1.807) is 31.2 Å². The van der Waals surface area contributed by atoms with E-state index in [1.165, 1.54) is 10.6 Å². The van der Waals surface area contributed by atoms with E-state index in [4.69, 9.17) is 12.2 Å². The number of halogens is 1. The smallest absolute Gasteiger partial charge is 0.266 e. The maximum absolute atomic E-state index is 14.2. The van der Waals surface area contributed by atoms with Crippen molar-refractivity contribution in [1.29, 1.82) is 0 Å². The fraction of sp³-hybridized carbons (Fsp3) is 0.125. The van der Waals surface area contributed by atoms with Crippen LogP contribution in [0.5, 0.6) is 0 Å². The number of fused-ring (bicyclic) bond motifs is 1. The van der Waals surface area contributed by atoms with Crippen LogP contribution in [0.15, 0.2) is 41.2 Å². The Labute approximate surface area is 125 Å². The maximum Gasteiger partial charge on any atom is 0.266 e. The zero-order chi connectivity index (χ0) is 15.1. The molecule has 0 aliphatic rings. The fourth-order valence-corrected chi connectivity index (χ4v) is 2.63. The molecule has 0 fully saturated rings. The number of benzene rings is 2. The third kappa shape index (κ3) is 2.29. The molecule has 0 saturated carbocycles. The number of hydrogen-bond acceptors (Lipinski definition) is 2. The van der Waals surface area contributed by atoms with Crippen LogP contribution in [-0.2, 0) is 0 Å². The standard InChI is InChI=1S/C16H13FN2OS/c1-9-3-5-13-11(7-9)15(20)19(16(21)18-13)14-6-4-10(2)8-12(14)17/h3-8H,1-2H3,(H,18,21). The second-order valence-corrected chi connectivity index (χ2v) is 5.46. The predicted octanol–water partition coefficient (Wildman–Crippen LogP) is 3.80. The van der Waals surface area contributed by atoms with Gasteiger partial charge in [-0.25, -0.2) is 8.96 Å². The second kappa shape index (κ2) is 4.93. The van der Waals surface area contributed by atoms with Crippen molar-refractivity contribution in [2.75, 3.05) is 0 Å². The number of aromatic amines is 1. The topological polar surface area (TPSA) is 37.8 Å². The van der Waals surface area contributed by atoms with Gasteiger partial charge in [-0.2, -0.15) is 0 Å². The molecule has 0 aliphatic heterocycles. The Balaban J connectivity index is 2.43. The Morgan fingerprint density at radius 2 is 1.76 bits per heavy atom. The number of nitrogens with one attached hydrogen (secondary N) is 1. The molecule has 106 valence electrons. The molecule has 0 radical (unpaired) electrons. The van der Waals surface area contributed by atoms with Crippen molar-refractivity contribution in [3.05, 3.63) is 68.5 Å². The molecule has 1 heterocycles. The normalized spacial score (nSPS) is 11.0. The zero-order valence-corrected chi connectivity index (χ0v) is 12.4. The molecular weight excluding hydrogens is 287 g/mol. The summed E-state index contributed by atoms with van der Waals surface area (Å²) in [6.45, 7) is 3.69. The molecule has 0 unspecified atom stereocenters. The summed E-state index contributed by atoms with van der Waals surface area (Å²) >= 11 is 5.22. The van der Waals surface area contributed by atoms with Gasteiger partial charge in [-0.15, -0.1) is 0 Å². The molecule has 2 aromatic carbocycles. The predicted molar refractivity (Wildman–Crippen MR) is 84.2 cm³/mol. The minimum absolute atomic E-state index is 0.162. The van der Waals surface area contributed by atoms with Gasteiger partial charge in [0.15, 0.2) is 4.77 Å². The van der Waals surface area contributed by atoms with E-state index in [0.717, 1.165) is 11.1 Å². The molecule has 0 amide bonds. The quantitative estimate of drug-likeness (QED) is 0.694. The third-order valence-corrected chi connectivity index (χ3v) is 3.68. The van der Waals surface area contributed by atoms with Crippen LogP contribution in [0.4, 0.5) is 4.39 Å². The van der Waals surface area contributed by atoms with Crippen LogP contribution >= 0.6 is 12.2 Å². The average Bonchev–Trinajstić information content (AvgIpc) is 2.42. The molecule has 5 heteroatoms. The molecule has 1 N–H and O–H groups in total. The summed E-state index contributed by atoms with van der Waals surface area (Å²) in [7, 11) is 0. The fourth-order valence-electron chi connectivity index (χ4n) is 2.34. The van der Waals surface area contributed by atoms with Gasteiger partial charge in [0.05, 0.1) is 16.6 Å². The first-order valence-corrected chi connectivity index (χ1v) is 6.90. The van der Waals surface area contributed by atoms with E-state index >= 15 is 0 Å². The van der Waals surface area contributed by atoms with Crippen LogP contribution in [0, 0.1) is 24.4 Å². The number of hydrogen-bond donors (Lipinski definition) is 1. The summed E-state index contributed by atoms with van der Waals surface area (Å²) in [6.07, 6.45) is 0. The van der Waals surface area contributed by atoms with Gasteiger partial charge in [-0.05, 0) is 55.9 Å².